The maximum atomic E-state index is 14.4. The summed E-state index contributed by atoms with van der Waals surface area (Å²) in [4.78, 5) is 43.6. The Balaban J connectivity index is 1.99. The fourth-order valence-corrected chi connectivity index (χ4v) is 5.19. The van der Waals surface area contributed by atoms with Crippen LogP contribution in [0.25, 0.3) is 0 Å². The summed E-state index contributed by atoms with van der Waals surface area (Å²) in [6, 6.07) is 5.72. The molecule has 0 bridgehead atoms. The molecule has 2 N–H and O–H groups in total. The number of Topliss-reactive ketones (excluding diaryl/α,β-unsaturated/α-hetero) is 1. The highest BCUT2D eigenvalue weighted by molar-refractivity contribution is 6.34. The van der Waals surface area contributed by atoms with Crippen LogP contribution in [0.4, 0.5) is 22.0 Å². The van der Waals surface area contributed by atoms with Crippen molar-refractivity contribution in [2.45, 2.75) is 51.4 Å². The van der Waals surface area contributed by atoms with E-state index in [-0.39, 0.29) is 54.2 Å². The van der Waals surface area contributed by atoms with Gasteiger partial charge in [0.1, 0.15) is 17.4 Å². The highest BCUT2D eigenvalue weighted by atomic mass is 35.5. The summed E-state index contributed by atoms with van der Waals surface area (Å²) in [5.41, 5.74) is 2.62. The zero-order valence-corrected chi connectivity index (χ0v) is 24.7. The van der Waals surface area contributed by atoms with Crippen molar-refractivity contribution in [2.24, 2.45) is 16.6 Å². The van der Waals surface area contributed by atoms with Gasteiger partial charge < -0.3 is 20.1 Å². The molecule has 2 aromatic carbocycles. The first kappa shape index (κ1) is 34.5. The van der Waals surface area contributed by atoms with Crippen LogP contribution < -0.4 is 10.5 Å². The number of hydrogen-bond acceptors (Lipinski definition) is 7. The molecule has 0 heterocycles. The van der Waals surface area contributed by atoms with Gasteiger partial charge in [-0.25, -0.2) is 8.78 Å². The molecule has 0 aliphatic heterocycles. The summed E-state index contributed by atoms with van der Waals surface area (Å²) >= 11 is 6.19. The molecule has 0 saturated heterocycles. The van der Waals surface area contributed by atoms with E-state index in [1.807, 2.05) is 0 Å². The van der Waals surface area contributed by atoms with Gasteiger partial charge in [-0.1, -0.05) is 17.7 Å². The monoisotopic (exact) mass is 643 g/mol. The van der Waals surface area contributed by atoms with Crippen LogP contribution in [-0.4, -0.2) is 60.8 Å². The van der Waals surface area contributed by atoms with Crippen LogP contribution in [-0.2, 0) is 20.9 Å². The molecular formula is C30H31ClF5N3O5. The van der Waals surface area contributed by atoms with Crippen molar-refractivity contribution < 1.29 is 45.8 Å². The number of amides is 1. The van der Waals surface area contributed by atoms with Crippen LogP contribution in [0, 0.1) is 17.6 Å². The molecule has 0 spiro atoms. The summed E-state index contributed by atoms with van der Waals surface area (Å²) in [5, 5.41) is -0.0518. The topological polar surface area (TPSA) is 111 Å². The zero-order chi connectivity index (χ0) is 32.6. The maximum Gasteiger partial charge on any atom is 0.433 e. The van der Waals surface area contributed by atoms with Gasteiger partial charge in [-0.05, 0) is 62.4 Å². The van der Waals surface area contributed by atoms with Crippen LogP contribution in [0.2, 0.25) is 5.02 Å². The molecule has 0 atom stereocenters. The average molecular weight is 644 g/mol. The summed E-state index contributed by atoms with van der Waals surface area (Å²) in [6.45, 7) is 0.295. The Hall–Kier alpha value is -4.00. The van der Waals surface area contributed by atoms with E-state index in [9.17, 15) is 36.3 Å². The molecule has 238 valence electrons. The first-order valence-corrected chi connectivity index (χ1v) is 14.0. The van der Waals surface area contributed by atoms with E-state index in [0.29, 0.717) is 17.2 Å². The Bertz CT molecular complexity index is 1420. The van der Waals surface area contributed by atoms with Crippen molar-refractivity contribution in [3.63, 3.8) is 0 Å². The van der Waals surface area contributed by atoms with E-state index in [1.165, 1.54) is 25.3 Å². The minimum Gasteiger partial charge on any atom is -0.496 e. The van der Waals surface area contributed by atoms with E-state index < -0.39 is 71.8 Å². The Morgan fingerprint density at radius 1 is 1.09 bits per heavy atom. The molecule has 8 nitrogen and oxygen atoms in total. The first-order chi connectivity index (χ1) is 20.8. The Morgan fingerprint density at radius 2 is 1.73 bits per heavy atom. The molecule has 1 amide bonds. The number of methoxy groups -OCH3 is 1. The quantitative estimate of drug-likeness (QED) is 0.109. The van der Waals surface area contributed by atoms with Crippen molar-refractivity contribution in [1.82, 2.24) is 4.90 Å². The number of esters is 1. The number of nitrogens with zero attached hydrogens (tertiary/aromatic N) is 2. The Kier molecular flexibility index (Phi) is 11.9. The van der Waals surface area contributed by atoms with E-state index in [0.717, 1.165) is 12.1 Å². The van der Waals surface area contributed by atoms with Crippen molar-refractivity contribution in [3.8, 4) is 5.75 Å². The molecular weight excluding hydrogens is 613 g/mol. The van der Waals surface area contributed by atoms with Gasteiger partial charge in [-0.2, -0.15) is 13.2 Å². The third-order valence-electron chi connectivity index (χ3n) is 6.94. The van der Waals surface area contributed by atoms with Crippen LogP contribution in [0.15, 0.2) is 53.2 Å². The number of alkyl halides is 3. The number of aliphatic imine (C=N–C) groups is 1. The zero-order valence-electron chi connectivity index (χ0n) is 23.9. The fourth-order valence-electron chi connectivity index (χ4n) is 4.92. The van der Waals surface area contributed by atoms with Gasteiger partial charge in [0.15, 0.2) is 11.5 Å². The van der Waals surface area contributed by atoms with E-state index in [4.69, 9.17) is 26.8 Å². The lowest BCUT2D eigenvalue weighted by molar-refractivity contribution is -0.149. The smallest absolute Gasteiger partial charge is 0.433 e. The van der Waals surface area contributed by atoms with Crippen molar-refractivity contribution >= 4 is 35.0 Å². The highest BCUT2D eigenvalue weighted by Crippen LogP contribution is 2.32. The molecule has 0 radical (unpaired) electrons. The lowest BCUT2D eigenvalue weighted by atomic mass is 9.86. The van der Waals surface area contributed by atoms with Gasteiger partial charge in [0.25, 0.3) is 5.91 Å². The molecule has 0 aromatic heterocycles. The van der Waals surface area contributed by atoms with E-state index in [2.05, 4.69) is 4.99 Å². The van der Waals surface area contributed by atoms with Crippen LogP contribution in [0.5, 0.6) is 5.75 Å². The average Bonchev–Trinajstić information content (AvgIpc) is 2.95. The maximum absolute atomic E-state index is 14.4. The van der Waals surface area contributed by atoms with E-state index in [1.54, 1.807) is 6.92 Å². The van der Waals surface area contributed by atoms with Gasteiger partial charge >= 0.3 is 12.1 Å². The number of benzene rings is 2. The lowest BCUT2D eigenvalue weighted by Crippen LogP contribution is -2.41. The second kappa shape index (κ2) is 15.1. The Labute approximate surface area is 255 Å². The summed E-state index contributed by atoms with van der Waals surface area (Å²) in [7, 11) is 1.27. The van der Waals surface area contributed by atoms with Gasteiger partial charge in [0.2, 0.25) is 0 Å². The molecule has 0 unspecified atom stereocenters. The standard InChI is InChI=1S/C30H31ClF5N3O5/c1-3-44-29(42)18-7-9-21(10-8-18)38-27(30(34,35)36)22(14-37)28(41)39(15-17-11-19(32)13-20(33)12-17)16-24(40)26-23(31)5-4-6-25(26)43-2/h4-6,11-14,18,21H,3,7-10,15-16,37H2,1-2H3. The van der Waals surface area contributed by atoms with Crippen LogP contribution in [0.3, 0.4) is 0 Å². The summed E-state index contributed by atoms with van der Waals surface area (Å²) in [6.07, 6.45) is -4.01. The highest BCUT2D eigenvalue weighted by Gasteiger charge is 2.43. The molecule has 14 heteroatoms. The van der Waals surface area contributed by atoms with Gasteiger partial charge in [-0.15, -0.1) is 0 Å². The molecule has 1 fully saturated rings. The van der Waals surface area contributed by atoms with Gasteiger partial charge in [0, 0.05) is 18.8 Å². The number of hydrogen-bond donors (Lipinski definition) is 1. The minimum atomic E-state index is -5.15. The second-order valence-corrected chi connectivity index (χ2v) is 10.4. The largest absolute Gasteiger partial charge is 0.496 e. The van der Waals surface area contributed by atoms with Gasteiger partial charge in [-0.3, -0.25) is 19.4 Å². The molecule has 1 saturated carbocycles. The predicted octanol–water partition coefficient (Wildman–Crippen LogP) is 5.81. The Morgan fingerprint density at radius 3 is 2.27 bits per heavy atom. The molecule has 3 rings (SSSR count). The normalized spacial score (nSPS) is 17.6. The van der Waals surface area contributed by atoms with Crippen LogP contribution >= 0.6 is 11.6 Å². The number of carbonyl (C=O) groups is 3. The molecule has 1 aliphatic rings. The number of halogens is 6. The molecule has 1 aliphatic carbocycles. The third kappa shape index (κ3) is 8.77. The molecule has 44 heavy (non-hydrogen) atoms. The number of rotatable bonds is 11. The summed E-state index contributed by atoms with van der Waals surface area (Å²) in [5.74, 6) is -5.07. The van der Waals surface area contributed by atoms with E-state index >= 15 is 0 Å². The number of ether oxygens (including phenoxy) is 2. The van der Waals surface area contributed by atoms with Gasteiger partial charge in [0.05, 0.1) is 48.4 Å². The third-order valence-corrected chi connectivity index (χ3v) is 7.26. The SMILES string of the molecule is CCOC(=O)C1CCC(N=C(C(=CN)C(=O)N(CC(=O)c2c(Cl)cccc2OC)Cc2cc(F)cc(F)c2)C(F)(F)F)CC1. The summed E-state index contributed by atoms with van der Waals surface area (Å²) < 4.78 is 81.3. The fraction of sp³-hybridized carbons (Fsp3) is 0.400. The number of ketones is 1. The van der Waals surface area contributed by atoms with Crippen molar-refractivity contribution in [2.75, 3.05) is 20.3 Å². The molecule has 2 aromatic rings. The van der Waals surface area contributed by atoms with Crippen molar-refractivity contribution in [3.05, 3.63) is 76.0 Å². The number of carbonyl (C=O) groups excluding carboxylic acids is 3. The van der Waals surface area contributed by atoms with Crippen LogP contribution in [0.1, 0.15) is 48.5 Å². The van der Waals surface area contributed by atoms with Crippen molar-refractivity contribution in [1.29, 1.82) is 0 Å². The lowest BCUT2D eigenvalue weighted by Gasteiger charge is -2.27. The first-order valence-electron chi connectivity index (χ1n) is 13.6. The minimum absolute atomic E-state index is 0.0391. The predicted molar refractivity (Wildman–Crippen MR) is 152 cm³/mol. The second-order valence-electron chi connectivity index (χ2n) is 9.99. The number of nitrogens with two attached hydrogens (primary N) is 1.